The fourth-order valence-electron chi connectivity index (χ4n) is 3.09. The third kappa shape index (κ3) is 2.57. The quantitative estimate of drug-likeness (QED) is 0.646. The van der Waals surface area contributed by atoms with E-state index < -0.39 is 0 Å². The van der Waals surface area contributed by atoms with Crippen LogP contribution in [-0.4, -0.2) is 40.2 Å². The Morgan fingerprint density at radius 1 is 1.04 bits per heavy atom. The summed E-state index contributed by atoms with van der Waals surface area (Å²) in [6, 6.07) is 7.40. The van der Waals surface area contributed by atoms with Crippen LogP contribution in [0.3, 0.4) is 0 Å². The Morgan fingerprint density at radius 2 is 1.68 bits per heavy atom. The number of fused-ring (bicyclic) bond motifs is 1. The Bertz CT molecular complexity index is 860. The molecule has 0 aromatic heterocycles. The molecule has 128 valence electrons. The van der Waals surface area contributed by atoms with Crippen molar-refractivity contribution in [2.24, 2.45) is 0 Å². The van der Waals surface area contributed by atoms with Crippen molar-refractivity contribution in [1.82, 2.24) is 0 Å². The average Bonchev–Trinajstić information content (AvgIpc) is 2.91. The number of phenolic OH excluding ortho intramolecular Hbond substituents is 1. The van der Waals surface area contributed by atoms with E-state index in [9.17, 15) is 9.90 Å². The molecule has 7 heteroatoms. The van der Waals surface area contributed by atoms with E-state index in [1.165, 1.54) is 21.3 Å². The van der Waals surface area contributed by atoms with Gasteiger partial charge < -0.3 is 24.6 Å². The van der Waals surface area contributed by atoms with Gasteiger partial charge in [-0.05, 0) is 17.6 Å². The topological polar surface area (TPSA) is 77.0 Å². The van der Waals surface area contributed by atoms with Crippen molar-refractivity contribution in [3.05, 3.63) is 35.4 Å². The van der Waals surface area contributed by atoms with Gasteiger partial charge in [-0.3, -0.25) is 4.79 Å². The Balaban J connectivity index is 2.29. The van der Waals surface area contributed by atoms with Crippen molar-refractivity contribution >= 4 is 36.6 Å². The van der Waals surface area contributed by atoms with Crippen LogP contribution in [0.25, 0.3) is 11.6 Å². The number of para-hydroxylation sites is 1. The average molecular weight is 339 g/mol. The van der Waals surface area contributed by atoms with E-state index in [4.69, 9.17) is 14.2 Å². The first-order chi connectivity index (χ1) is 12.0. The molecule has 0 radical (unpaired) electrons. The maximum atomic E-state index is 12.4. The second-order valence-electron chi connectivity index (χ2n) is 5.54. The number of carbonyl (C=O) groups excluding carboxylic acids is 1. The van der Waals surface area contributed by atoms with E-state index in [1.54, 1.807) is 13.9 Å². The molecule has 0 aliphatic carbocycles. The molecule has 0 spiro atoms. The standard InChI is InChI=1S/C18H18BNO5/c1-23-15-11(16(24-2)14(21)17(25-3)13(15)19)8-10-9-6-4-5-7-12(9)20-18(10)22/h4-8,21H,19H2,1-3H3,(H,20,22)/b10-8+. The second-order valence-corrected chi connectivity index (χ2v) is 5.54. The molecule has 1 heterocycles. The molecule has 1 aliphatic rings. The van der Waals surface area contributed by atoms with Crippen LogP contribution in [0.4, 0.5) is 5.69 Å². The molecule has 3 rings (SSSR count). The van der Waals surface area contributed by atoms with Crippen LogP contribution in [0, 0.1) is 0 Å². The summed E-state index contributed by atoms with van der Waals surface area (Å²) in [5.74, 6) is 0.562. The lowest BCUT2D eigenvalue weighted by Gasteiger charge is -2.18. The van der Waals surface area contributed by atoms with Crippen LogP contribution >= 0.6 is 0 Å². The Hall–Kier alpha value is -3.09. The smallest absolute Gasteiger partial charge is 0.256 e. The molecule has 6 nitrogen and oxygen atoms in total. The zero-order valence-electron chi connectivity index (χ0n) is 14.5. The summed E-state index contributed by atoms with van der Waals surface area (Å²) >= 11 is 0. The molecule has 25 heavy (non-hydrogen) atoms. The first kappa shape index (κ1) is 16.8. The predicted molar refractivity (Wildman–Crippen MR) is 98.9 cm³/mol. The number of nitrogens with one attached hydrogen (secondary N) is 1. The van der Waals surface area contributed by atoms with Crippen LogP contribution in [0.1, 0.15) is 11.1 Å². The molecule has 1 amide bonds. The summed E-state index contributed by atoms with van der Waals surface area (Å²) in [4.78, 5) is 12.4. The number of methoxy groups -OCH3 is 3. The van der Waals surface area contributed by atoms with Crippen LogP contribution in [0.5, 0.6) is 23.0 Å². The number of carbonyl (C=O) groups is 1. The summed E-state index contributed by atoms with van der Waals surface area (Å²) in [6.07, 6.45) is 1.66. The fraction of sp³-hybridized carbons (Fsp3) is 0.167. The maximum absolute atomic E-state index is 12.4. The lowest BCUT2D eigenvalue weighted by Crippen LogP contribution is -2.14. The van der Waals surface area contributed by atoms with Gasteiger partial charge in [0, 0.05) is 16.8 Å². The van der Waals surface area contributed by atoms with Gasteiger partial charge >= 0.3 is 0 Å². The van der Waals surface area contributed by atoms with Gasteiger partial charge in [-0.1, -0.05) is 18.2 Å². The Labute approximate surface area is 146 Å². The lowest BCUT2D eigenvalue weighted by molar-refractivity contribution is -0.110. The number of anilines is 1. The summed E-state index contributed by atoms with van der Waals surface area (Å²) in [7, 11) is 6.18. The zero-order chi connectivity index (χ0) is 18.1. The van der Waals surface area contributed by atoms with Gasteiger partial charge in [0.15, 0.2) is 11.5 Å². The van der Waals surface area contributed by atoms with E-state index in [-0.39, 0.29) is 23.2 Å². The van der Waals surface area contributed by atoms with Crippen LogP contribution < -0.4 is 25.0 Å². The monoisotopic (exact) mass is 339 g/mol. The van der Waals surface area contributed by atoms with Crippen molar-refractivity contribution < 1.29 is 24.1 Å². The first-order valence-electron chi connectivity index (χ1n) is 7.67. The highest BCUT2D eigenvalue weighted by Crippen LogP contribution is 2.45. The van der Waals surface area contributed by atoms with E-state index >= 15 is 0 Å². The number of hydrogen-bond donors (Lipinski definition) is 2. The van der Waals surface area contributed by atoms with Crippen molar-refractivity contribution in [1.29, 1.82) is 0 Å². The van der Waals surface area contributed by atoms with E-state index in [0.29, 0.717) is 22.3 Å². The molecule has 2 aromatic carbocycles. The number of ether oxygens (including phenoxy) is 3. The number of amides is 1. The number of hydrogen-bond acceptors (Lipinski definition) is 5. The third-order valence-corrected chi connectivity index (χ3v) is 4.21. The molecule has 0 bridgehead atoms. The fourth-order valence-corrected chi connectivity index (χ4v) is 3.09. The van der Waals surface area contributed by atoms with Gasteiger partial charge in [0.05, 0.1) is 26.9 Å². The number of aromatic hydroxyl groups is 1. The molecule has 0 fully saturated rings. The van der Waals surface area contributed by atoms with Crippen LogP contribution in [0.15, 0.2) is 24.3 Å². The van der Waals surface area contributed by atoms with Crippen molar-refractivity contribution in [2.45, 2.75) is 0 Å². The highest BCUT2D eigenvalue weighted by molar-refractivity contribution is 6.38. The second kappa shape index (κ2) is 6.43. The van der Waals surface area contributed by atoms with Gasteiger partial charge in [0.25, 0.3) is 5.91 Å². The third-order valence-electron chi connectivity index (χ3n) is 4.21. The minimum Gasteiger partial charge on any atom is -0.502 e. The molecular weight excluding hydrogens is 321 g/mol. The molecule has 0 saturated heterocycles. The number of benzene rings is 2. The summed E-state index contributed by atoms with van der Waals surface area (Å²) in [6.45, 7) is 0. The van der Waals surface area contributed by atoms with Crippen LogP contribution in [0.2, 0.25) is 0 Å². The maximum Gasteiger partial charge on any atom is 0.256 e. The zero-order valence-corrected chi connectivity index (χ0v) is 14.5. The highest BCUT2D eigenvalue weighted by Gasteiger charge is 2.27. The number of phenols is 1. The number of rotatable bonds is 4. The van der Waals surface area contributed by atoms with Crippen LogP contribution in [-0.2, 0) is 4.79 Å². The minimum atomic E-state index is -0.224. The predicted octanol–water partition coefficient (Wildman–Crippen LogP) is 1.17. The van der Waals surface area contributed by atoms with Gasteiger partial charge in [0.1, 0.15) is 13.6 Å². The van der Waals surface area contributed by atoms with E-state index in [1.807, 2.05) is 24.3 Å². The van der Waals surface area contributed by atoms with E-state index in [0.717, 1.165) is 11.3 Å². The molecular formula is C18H18BNO5. The summed E-state index contributed by atoms with van der Waals surface area (Å²) in [5.41, 5.74) is 3.08. The Kier molecular flexibility index (Phi) is 4.31. The normalized spacial score (nSPS) is 14.2. The molecule has 0 unspecified atom stereocenters. The molecule has 0 saturated carbocycles. The van der Waals surface area contributed by atoms with Crippen molar-refractivity contribution in [2.75, 3.05) is 26.6 Å². The molecule has 1 aliphatic heterocycles. The summed E-state index contributed by atoms with van der Waals surface area (Å²) in [5, 5.41) is 13.3. The highest BCUT2D eigenvalue weighted by atomic mass is 16.5. The van der Waals surface area contributed by atoms with Gasteiger partial charge in [-0.2, -0.15) is 0 Å². The van der Waals surface area contributed by atoms with Crippen molar-refractivity contribution in [3.8, 4) is 23.0 Å². The first-order valence-corrected chi connectivity index (χ1v) is 7.67. The molecule has 2 N–H and O–H groups in total. The molecule has 0 atom stereocenters. The largest absolute Gasteiger partial charge is 0.502 e. The van der Waals surface area contributed by atoms with Gasteiger partial charge in [-0.15, -0.1) is 0 Å². The SMILES string of the molecule is Bc1c(OC)c(O)c(OC)c(/C=C2/C(=O)Nc3ccccc32)c1OC. The summed E-state index contributed by atoms with van der Waals surface area (Å²) < 4.78 is 16.1. The Morgan fingerprint density at radius 3 is 2.32 bits per heavy atom. The van der Waals surface area contributed by atoms with Gasteiger partial charge in [0.2, 0.25) is 5.75 Å². The van der Waals surface area contributed by atoms with Gasteiger partial charge in [-0.25, -0.2) is 0 Å². The van der Waals surface area contributed by atoms with E-state index in [2.05, 4.69) is 5.32 Å². The van der Waals surface area contributed by atoms with Crippen molar-refractivity contribution in [3.63, 3.8) is 0 Å². The minimum absolute atomic E-state index is 0.137. The molecule has 2 aromatic rings. The lowest BCUT2D eigenvalue weighted by atomic mass is 9.89.